The van der Waals surface area contributed by atoms with Gasteiger partial charge in [-0.15, -0.1) is 11.3 Å². The number of nitrogens with one attached hydrogen (secondary N) is 1. The van der Waals surface area contributed by atoms with E-state index < -0.39 is 0 Å². The van der Waals surface area contributed by atoms with E-state index in [2.05, 4.69) is 58.8 Å². The monoisotopic (exact) mass is 309 g/mol. The average molecular weight is 310 g/mol. The minimum Gasteiger partial charge on any atom is -0.346 e. The highest BCUT2D eigenvalue weighted by atomic mass is 32.1. The van der Waals surface area contributed by atoms with Crippen molar-refractivity contribution in [3.8, 4) is 0 Å². The molecule has 1 aliphatic rings. The van der Waals surface area contributed by atoms with Gasteiger partial charge in [0, 0.05) is 35.5 Å². The van der Waals surface area contributed by atoms with Gasteiger partial charge in [-0.2, -0.15) is 0 Å². The molecule has 4 heteroatoms. The second-order valence-corrected chi connectivity index (χ2v) is 8.96. The molecule has 0 saturated heterocycles. The molecule has 1 aliphatic carbocycles. The van der Waals surface area contributed by atoms with Gasteiger partial charge in [0.25, 0.3) is 0 Å². The highest BCUT2D eigenvalue weighted by Gasteiger charge is 2.29. The average Bonchev–Trinajstić information content (AvgIpc) is 3.12. The highest BCUT2D eigenvalue weighted by molar-refractivity contribution is 7.15. The van der Waals surface area contributed by atoms with Crippen LogP contribution >= 0.6 is 11.3 Å². The summed E-state index contributed by atoms with van der Waals surface area (Å²) in [5.74, 6) is 0. The van der Waals surface area contributed by atoms with Gasteiger partial charge in [0.15, 0.2) is 5.13 Å². The highest BCUT2D eigenvalue weighted by Crippen LogP contribution is 2.36. The van der Waals surface area contributed by atoms with E-state index in [1.165, 1.54) is 23.4 Å². The van der Waals surface area contributed by atoms with Crippen molar-refractivity contribution in [3.05, 3.63) is 10.6 Å². The van der Waals surface area contributed by atoms with Crippen LogP contribution < -0.4 is 10.2 Å². The Hall–Kier alpha value is -0.610. The summed E-state index contributed by atoms with van der Waals surface area (Å²) >= 11 is 1.86. The third-order valence-electron chi connectivity index (χ3n) is 4.59. The summed E-state index contributed by atoms with van der Waals surface area (Å²) in [5, 5.41) is 4.79. The number of aromatic nitrogens is 1. The molecule has 0 bridgehead atoms. The lowest BCUT2D eigenvalue weighted by atomic mass is 9.91. The molecular weight excluding hydrogens is 278 g/mol. The Morgan fingerprint density at radius 2 is 1.86 bits per heavy atom. The summed E-state index contributed by atoms with van der Waals surface area (Å²) in [5.41, 5.74) is 1.51. The van der Waals surface area contributed by atoms with Crippen LogP contribution in [0.3, 0.4) is 0 Å². The van der Waals surface area contributed by atoms with Crippen LogP contribution in [0.2, 0.25) is 0 Å². The van der Waals surface area contributed by atoms with E-state index in [9.17, 15) is 0 Å². The third-order valence-corrected chi connectivity index (χ3v) is 5.72. The van der Waals surface area contributed by atoms with Crippen LogP contribution in [-0.2, 0) is 12.0 Å². The van der Waals surface area contributed by atoms with Gasteiger partial charge in [0.2, 0.25) is 0 Å². The minimum absolute atomic E-state index is 0.104. The van der Waals surface area contributed by atoms with Gasteiger partial charge >= 0.3 is 0 Å². The van der Waals surface area contributed by atoms with Gasteiger partial charge in [-0.25, -0.2) is 4.98 Å². The number of thiazole rings is 1. The summed E-state index contributed by atoms with van der Waals surface area (Å²) in [6.45, 7) is 14.6. The first kappa shape index (κ1) is 16.8. The number of rotatable bonds is 6. The van der Waals surface area contributed by atoms with Crippen molar-refractivity contribution in [2.45, 2.75) is 84.3 Å². The number of hydrogen-bond donors (Lipinski definition) is 1. The van der Waals surface area contributed by atoms with Gasteiger partial charge in [-0.3, -0.25) is 0 Å². The van der Waals surface area contributed by atoms with Crippen LogP contribution in [0.5, 0.6) is 0 Å². The fraction of sp³-hybridized carbons (Fsp3) is 0.824. The Labute approximate surface area is 134 Å². The van der Waals surface area contributed by atoms with E-state index in [0.717, 1.165) is 24.1 Å². The molecule has 1 N–H and O–H groups in total. The summed E-state index contributed by atoms with van der Waals surface area (Å²) in [4.78, 5) is 8.74. The maximum atomic E-state index is 5.00. The van der Waals surface area contributed by atoms with Crippen molar-refractivity contribution in [2.24, 2.45) is 0 Å². The Morgan fingerprint density at radius 1 is 1.24 bits per heavy atom. The largest absolute Gasteiger partial charge is 0.346 e. The number of nitrogens with zero attached hydrogens (tertiary/aromatic N) is 2. The lowest BCUT2D eigenvalue weighted by molar-refractivity contribution is 0.468. The van der Waals surface area contributed by atoms with Crippen LogP contribution in [0.25, 0.3) is 0 Å². The molecule has 0 radical (unpaired) electrons. The molecule has 120 valence electrons. The zero-order valence-corrected chi connectivity index (χ0v) is 15.5. The predicted octanol–water partition coefficient (Wildman–Crippen LogP) is 4.32. The van der Waals surface area contributed by atoms with Crippen LogP contribution in [0, 0.1) is 0 Å². The molecule has 0 unspecified atom stereocenters. The molecule has 1 fully saturated rings. The third kappa shape index (κ3) is 3.98. The van der Waals surface area contributed by atoms with Gasteiger partial charge in [-0.1, -0.05) is 27.7 Å². The summed E-state index contributed by atoms with van der Waals surface area (Å²) in [6.07, 6.45) is 3.78. The second kappa shape index (κ2) is 5.88. The normalized spacial score (nSPS) is 16.3. The first-order valence-electron chi connectivity index (χ1n) is 8.12. The van der Waals surface area contributed by atoms with Crippen LogP contribution in [-0.4, -0.2) is 23.6 Å². The van der Waals surface area contributed by atoms with Crippen LogP contribution in [0.1, 0.15) is 71.4 Å². The van der Waals surface area contributed by atoms with Crippen molar-refractivity contribution in [1.29, 1.82) is 0 Å². The van der Waals surface area contributed by atoms with Crippen LogP contribution in [0.4, 0.5) is 5.13 Å². The zero-order chi connectivity index (χ0) is 15.8. The Balaban J connectivity index is 2.26. The molecule has 1 aromatic rings. The summed E-state index contributed by atoms with van der Waals surface area (Å²) < 4.78 is 0. The first-order chi connectivity index (χ1) is 9.65. The van der Waals surface area contributed by atoms with Gasteiger partial charge in [0.1, 0.15) is 0 Å². The van der Waals surface area contributed by atoms with Crippen molar-refractivity contribution in [2.75, 3.05) is 11.9 Å². The summed E-state index contributed by atoms with van der Waals surface area (Å²) in [6, 6.07) is 0.744. The Kier molecular flexibility index (Phi) is 4.69. The zero-order valence-electron chi connectivity index (χ0n) is 14.7. The Bertz CT molecular complexity index is 481. The summed E-state index contributed by atoms with van der Waals surface area (Å²) in [7, 11) is 2.17. The lowest BCUT2D eigenvalue weighted by Crippen LogP contribution is -2.40. The molecule has 1 aromatic heterocycles. The molecule has 0 spiro atoms. The van der Waals surface area contributed by atoms with E-state index >= 15 is 0 Å². The molecule has 21 heavy (non-hydrogen) atoms. The maximum Gasteiger partial charge on any atom is 0.186 e. The maximum absolute atomic E-state index is 5.00. The molecule has 1 saturated carbocycles. The molecule has 1 heterocycles. The molecule has 2 rings (SSSR count). The quantitative estimate of drug-likeness (QED) is 0.848. The molecular formula is C17H31N3S. The topological polar surface area (TPSA) is 28.2 Å². The molecule has 0 atom stereocenters. The van der Waals surface area contributed by atoms with Crippen molar-refractivity contribution in [3.63, 3.8) is 0 Å². The SMILES string of the molecule is CCC(C)(C)N(C)c1nc(C(C)(C)C)c(CNC2CC2)s1. The van der Waals surface area contributed by atoms with Crippen molar-refractivity contribution >= 4 is 16.5 Å². The first-order valence-corrected chi connectivity index (χ1v) is 8.94. The van der Waals surface area contributed by atoms with Gasteiger partial charge in [-0.05, 0) is 33.1 Å². The smallest absolute Gasteiger partial charge is 0.186 e. The van der Waals surface area contributed by atoms with E-state index in [-0.39, 0.29) is 11.0 Å². The van der Waals surface area contributed by atoms with E-state index in [1.54, 1.807) is 0 Å². The standard InChI is InChI=1S/C17H31N3S/c1-8-17(5,6)20(7)15-19-14(16(2,3)4)13(21-15)11-18-12-9-10-12/h12,18H,8-11H2,1-7H3. The fourth-order valence-corrected chi connectivity index (χ4v) is 3.55. The molecule has 3 nitrogen and oxygen atoms in total. The van der Waals surface area contributed by atoms with Crippen molar-refractivity contribution in [1.82, 2.24) is 10.3 Å². The Morgan fingerprint density at radius 3 is 2.33 bits per heavy atom. The second-order valence-electron chi connectivity index (χ2n) is 7.90. The van der Waals surface area contributed by atoms with E-state index in [4.69, 9.17) is 4.98 Å². The molecule has 0 aliphatic heterocycles. The van der Waals surface area contributed by atoms with E-state index in [0.29, 0.717) is 0 Å². The molecule has 0 amide bonds. The minimum atomic E-state index is 0.104. The van der Waals surface area contributed by atoms with Crippen molar-refractivity contribution < 1.29 is 0 Å². The number of anilines is 1. The predicted molar refractivity (Wildman–Crippen MR) is 93.4 cm³/mol. The molecule has 0 aromatic carbocycles. The van der Waals surface area contributed by atoms with Gasteiger partial charge < -0.3 is 10.2 Å². The lowest BCUT2D eigenvalue weighted by Gasteiger charge is -2.34. The van der Waals surface area contributed by atoms with Gasteiger partial charge in [0.05, 0.1) is 5.69 Å². The van der Waals surface area contributed by atoms with Crippen LogP contribution in [0.15, 0.2) is 0 Å². The van der Waals surface area contributed by atoms with E-state index in [1.807, 2.05) is 11.3 Å². The number of hydrogen-bond acceptors (Lipinski definition) is 4. The fourth-order valence-electron chi connectivity index (χ4n) is 2.21.